The van der Waals surface area contributed by atoms with Crippen LogP contribution < -0.4 is 5.32 Å². The average Bonchev–Trinajstić information content (AvgIpc) is 2.54. The quantitative estimate of drug-likeness (QED) is 0.777. The largest absolute Gasteiger partial charge is 0.391 e. The number of hydrogen-bond acceptors (Lipinski definition) is 3. The molecule has 2 N–H and O–H groups in total. The molecule has 1 heterocycles. The molecule has 0 aromatic rings. The van der Waals surface area contributed by atoms with Crippen molar-refractivity contribution in [1.29, 1.82) is 0 Å². The Labute approximate surface area is 103 Å². The van der Waals surface area contributed by atoms with Crippen LogP contribution in [0.1, 0.15) is 34.1 Å². The van der Waals surface area contributed by atoms with Crippen LogP contribution in [0.15, 0.2) is 0 Å². The van der Waals surface area contributed by atoms with Gasteiger partial charge in [-0.2, -0.15) is 0 Å². The predicted octanol–water partition coefficient (Wildman–Crippen LogP) is 0.966. The number of urea groups is 1. The molecule has 5 heteroatoms. The molecule has 0 aromatic carbocycles. The normalized spacial score (nSPS) is 25.1. The van der Waals surface area contributed by atoms with E-state index in [1.54, 1.807) is 4.90 Å². The molecule has 1 saturated heterocycles. The molecule has 1 aliphatic rings. The first-order valence-corrected chi connectivity index (χ1v) is 6.18. The van der Waals surface area contributed by atoms with Crippen LogP contribution in [0, 0.1) is 0 Å². The number of nitrogens with one attached hydrogen (secondary N) is 1. The zero-order valence-electron chi connectivity index (χ0n) is 11.2. The Kier molecular flexibility index (Phi) is 4.77. The molecular formula is C12H24N2O3. The van der Waals surface area contributed by atoms with Crippen LogP contribution in [0.25, 0.3) is 0 Å². The number of rotatable bonds is 3. The molecule has 0 aliphatic carbocycles. The minimum atomic E-state index is -0.439. The van der Waals surface area contributed by atoms with Crippen molar-refractivity contribution >= 4 is 6.03 Å². The summed E-state index contributed by atoms with van der Waals surface area (Å²) in [6.45, 7) is 9.25. The second-order valence-corrected chi connectivity index (χ2v) is 5.54. The molecule has 2 atom stereocenters. The molecule has 0 saturated carbocycles. The van der Waals surface area contributed by atoms with E-state index >= 15 is 0 Å². The highest BCUT2D eigenvalue weighted by Gasteiger charge is 2.35. The number of carbonyl (C=O) groups excluding carboxylic acids is 1. The van der Waals surface area contributed by atoms with Crippen molar-refractivity contribution in [2.45, 2.75) is 51.8 Å². The fraction of sp³-hybridized carbons (Fsp3) is 0.917. The molecule has 17 heavy (non-hydrogen) atoms. The average molecular weight is 244 g/mol. The number of aliphatic hydroxyl groups excluding tert-OH is 1. The minimum absolute atomic E-state index is 0.0210. The summed E-state index contributed by atoms with van der Waals surface area (Å²) in [5, 5.41) is 12.5. The molecule has 100 valence electrons. The lowest BCUT2D eigenvalue weighted by molar-refractivity contribution is 0.0923. The maximum Gasteiger partial charge on any atom is 0.318 e. The maximum absolute atomic E-state index is 12.0. The third-order valence-corrected chi connectivity index (χ3v) is 2.65. The highest BCUT2D eigenvalue weighted by molar-refractivity contribution is 5.75. The lowest BCUT2D eigenvalue weighted by Crippen LogP contribution is -2.51. The smallest absolute Gasteiger partial charge is 0.318 e. The van der Waals surface area contributed by atoms with Crippen LogP contribution in [-0.2, 0) is 4.74 Å². The van der Waals surface area contributed by atoms with Crippen molar-refractivity contribution in [3.05, 3.63) is 0 Å². The van der Waals surface area contributed by atoms with Crippen LogP contribution in [0.4, 0.5) is 4.79 Å². The Morgan fingerprint density at radius 1 is 1.53 bits per heavy atom. The standard InChI is InChI=1S/C12H24N2O3/c1-5-17-8-9-6-10(15)7-14(9)11(16)13-12(2,3)4/h9-10,15H,5-8H2,1-4H3,(H,13,16)/t9-,10+/m1/s1. The molecular weight excluding hydrogens is 220 g/mol. The van der Waals surface area contributed by atoms with Crippen molar-refractivity contribution in [2.75, 3.05) is 19.8 Å². The molecule has 0 spiro atoms. The van der Waals surface area contributed by atoms with E-state index in [0.29, 0.717) is 26.2 Å². The second-order valence-electron chi connectivity index (χ2n) is 5.54. The van der Waals surface area contributed by atoms with Crippen LogP contribution in [-0.4, -0.2) is 53.5 Å². The highest BCUT2D eigenvalue weighted by atomic mass is 16.5. The number of carbonyl (C=O) groups is 1. The predicted molar refractivity (Wildman–Crippen MR) is 65.9 cm³/mol. The van der Waals surface area contributed by atoms with E-state index in [0.717, 1.165) is 0 Å². The summed E-state index contributed by atoms with van der Waals surface area (Å²) in [7, 11) is 0. The number of hydrogen-bond donors (Lipinski definition) is 2. The van der Waals surface area contributed by atoms with Crippen molar-refractivity contribution in [3.8, 4) is 0 Å². The fourth-order valence-electron chi connectivity index (χ4n) is 1.95. The summed E-state index contributed by atoms with van der Waals surface area (Å²) >= 11 is 0. The van der Waals surface area contributed by atoms with E-state index in [4.69, 9.17) is 4.74 Å². The Hall–Kier alpha value is -0.810. The molecule has 1 aliphatic heterocycles. The summed E-state index contributed by atoms with van der Waals surface area (Å²) in [5.41, 5.74) is -0.263. The molecule has 1 rings (SSSR count). The monoisotopic (exact) mass is 244 g/mol. The molecule has 0 radical (unpaired) electrons. The van der Waals surface area contributed by atoms with Gasteiger partial charge >= 0.3 is 6.03 Å². The number of nitrogens with zero attached hydrogens (tertiary/aromatic N) is 1. The first-order chi connectivity index (χ1) is 7.83. The van der Waals surface area contributed by atoms with Gasteiger partial charge in [0.2, 0.25) is 0 Å². The van der Waals surface area contributed by atoms with Crippen LogP contribution in [0.3, 0.4) is 0 Å². The summed E-state index contributed by atoms with van der Waals surface area (Å²) in [4.78, 5) is 13.7. The van der Waals surface area contributed by atoms with Gasteiger partial charge in [-0.25, -0.2) is 4.79 Å². The summed E-state index contributed by atoms with van der Waals surface area (Å²) in [5.74, 6) is 0. The van der Waals surface area contributed by atoms with Crippen LogP contribution in [0.5, 0.6) is 0 Å². The van der Waals surface area contributed by atoms with Gasteiger partial charge in [-0.15, -0.1) is 0 Å². The van der Waals surface area contributed by atoms with Gasteiger partial charge in [0.15, 0.2) is 0 Å². The zero-order chi connectivity index (χ0) is 13.1. The molecule has 0 unspecified atom stereocenters. The van der Waals surface area contributed by atoms with Crippen molar-refractivity contribution in [2.24, 2.45) is 0 Å². The van der Waals surface area contributed by atoms with Gasteiger partial charge in [-0.05, 0) is 34.1 Å². The number of amides is 2. The molecule has 0 aromatic heterocycles. The number of β-amino-alcohol motifs (C(OH)–C–C–N with tert-alkyl or cyclic N) is 1. The lowest BCUT2D eigenvalue weighted by atomic mass is 10.1. The summed E-state index contributed by atoms with van der Waals surface area (Å²) < 4.78 is 5.34. The van der Waals surface area contributed by atoms with Gasteiger partial charge in [-0.3, -0.25) is 0 Å². The van der Waals surface area contributed by atoms with E-state index in [-0.39, 0.29) is 17.6 Å². The van der Waals surface area contributed by atoms with Gasteiger partial charge < -0.3 is 20.1 Å². The third-order valence-electron chi connectivity index (χ3n) is 2.65. The Balaban J connectivity index is 2.57. The van der Waals surface area contributed by atoms with Gasteiger partial charge in [0.05, 0.1) is 18.8 Å². The second kappa shape index (κ2) is 5.69. The van der Waals surface area contributed by atoms with E-state index in [1.807, 2.05) is 27.7 Å². The molecule has 1 fully saturated rings. The van der Waals surface area contributed by atoms with Crippen molar-refractivity contribution in [3.63, 3.8) is 0 Å². The van der Waals surface area contributed by atoms with Crippen molar-refractivity contribution < 1.29 is 14.6 Å². The van der Waals surface area contributed by atoms with Crippen molar-refractivity contribution in [1.82, 2.24) is 10.2 Å². The molecule has 2 amide bonds. The fourth-order valence-corrected chi connectivity index (χ4v) is 1.95. The lowest BCUT2D eigenvalue weighted by Gasteiger charge is -2.29. The Morgan fingerprint density at radius 3 is 2.71 bits per heavy atom. The van der Waals surface area contributed by atoms with Gasteiger partial charge in [0.25, 0.3) is 0 Å². The Morgan fingerprint density at radius 2 is 2.18 bits per heavy atom. The maximum atomic E-state index is 12.0. The first-order valence-electron chi connectivity index (χ1n) is 6.18. The van der Waals surface area contributed by atoms with E-state index in [9.17, 15) is 9.90 Å². The number of likely N-dealkylation sites (tertiary alicyclic amines) is 1. The van der Waals surface area contributed by atoms with E-state index in [1.165, 1.54) is 0 Å². The first kappa shape index (κ1) is 14.3. The molecule has 5 nitrogen and oxygen atoms in total. The zero-order valence-corrected chi connectivity index (χ0v) is 11.2. The minimum Gasteiger partial charge on any atom is -0.391 e. The topological polar surface area (TPSA) is 61.8 Å². The van der Waals surface area contributed by atoms with Gasteiger partial charge in [0, 0.05) is 18.7 Å². The van der Waals surface area contributed by atoms with E-state index < -0.39 is 6.10 Å². The summed E-state index contributed by atoms with van der Waals surface area (Å²) in [6.07, 6.45) is 0.156. The number of ether oxygens (including phenoxy) is 1. The van der Waals surface area contributed by atoms with Crippen LogP contribution >= 0.6 is 0 Å². The van der Waals surface area contributed by atoms with Gasteiger partial charge in [-0.1, -0.05) is 0 Å². The SMILES string of the molecule is CCOC[C@H]1C[C@H](O)CN1C(=O)NC(C)(C)C. The molecule has 0 bridgehead atoms. The van der Waals surface area contributed by atoms with Gasteiger partial charge in [0.1, 0.15) is 0 Å². The van der Waals surface area contributed by atoms with E-state index in [2.05, 4.69) is 5.32 Å². The summed E-state index contributed by atoms with van der Waals surface area (Å²) in [6, 6.07) is -0.147. The Bertz CT molecular complexity index is 263. The van der Waals surface area contributed by atoms with Crippen LogP contribution in [0.2, 0.25) is 0 Å². The highest BCUT2D eigenvalue weighted by Crippen LogP contribution is 2.19. The third kappa shape index (κ3) is 4.52. The number of aliphatic hydroxyl groups is 1.